The van der Waals surface area contributed by atoms with Crippen LogP contribution < -0.4 is 14.9 Å². The van der Waals surface area contributed by atoms with Gasteiger partial charge in [-0.1, -0.05) is 20.8 Å². The zero-order valence-corrected chi connectivity index (χ0v) is 16.7. The molecule has 1 aliphatic heterocycles. The third kappa shape index (κ3) is 3.72. The number of hydrogen-bond donors (Lipinski definition) is 1. The zero-order valence-electron chi connectivity index (χ0n) is 15.9. The van der Waals surface area contributed by atoms with Crippen LogP contribution in [0.1, 0.15) is 53.6 Å². The lowest BCUT2D eigenvalue weighted by Gasteiger charge is -2.33. The van der Waals surface area contributed by atoms with E-state index in [1.807, 2.05) is 23.6 Å². The van der Waals surface area contributed by atoms with Gasteiger partial charge in [0.2, 0.25) is 6.79 Å². The first-order chi connectivity index (χ1) is 12.9. The van der Waals surface area contributed by atoms with Gasteiger partial charge in [0.1, 0.15) is 0 Å². The molecule has 2 aromatic rings. The van der Waals surface area contributed by atoms with E-state index in [0.717, 1.165) is 36.1 Å². The van der Waals surface area contributed by atoms with Gasteiger partial charge in [-0.3, -0.25) is 4.79 Å². The van der Waals surface area contributed by atoms with Crippen LogP contribution in [-0.4, -0.2) is 18.9 Å². The van der Waals surface area contributed by atoms with Crippen molar-refractivity contribution in [2.45, 2.75) is 40.0 Å². The smallest absolute Gasteiger partial charge is 0.272 e. The van der Waals surface area contributed by atoms with Crippen molar-refractivity contribution >= 4 is 23.5 Å². The van der Waals surface area contributed by atoms with Crippen LogP contribution >= 0.6 is 11.3 Å². The number of thiophene rings is 1. The van der Waals surface area contributed by atoms with Crippen LogP contribution in [-0.2, 0) is 12.8 Å². The Morgan fingerprint density at radius 3 is 2.93 bits per heavy atom. The van der Waals surface area contributed by atoms with Gasteiger partial charge in [0.15, 0.2) is 11.5 Å². The monoisotopic (exact) mass is 384 g/mol. The van der Waals surface area contributed by atoms with Gasteiger partial charge >= 0.3 is 0 Å². The van der Waals surface area contributed by atoms with Crippen LogP contribution in [0.3, 0.4) is 0 Å². The van der Waals surface area contributed by atoms with Crippen molar-refractivity contribution in [2.75, 3.05) is 6.79 Å². The summed E-state index contributed by atoms with van der Waals surface area (Å²) < 4.78 is 10.6. The standard InChI is InChI=1S/C21H24N2O3S/c1-21(2,3)14-5-6-15-16(11-27-19(15)9-14)20(24)23-22-10-13-4-7-17-18(8-13)26-12-25-17/h4,7-8,10-11,14H,5-6,9,12H2,1-3H3,(H,23,24)/b22-10+/t14-/m1/s1. The van der Waals surface area contributed by atoms with Crippen molar-refractivity contribution in [1.82, 2.24) is 5.43 Å². The molecule has 1 aliphatic carbocycles. The Morgan fingerprint density at radius 1 is 1.30 bits per heavy atom. The molecule has 1 aromatic carbocycles. The molecular weight excluding hydrogens is 360 g/mol. The van der Waals surface area contributed by atoms with Crippen LogP contribution in [0.15, 0.2) is 28.7 Å². The number of ether oxygens (including phenoxy) is 2. The van der Waals surface area contributed by atoms with Crippen LogP contribution in [0, 0.1) is 11.3 Å². The second-order valence-corrected chi connectivity index (χ2v) is 9.13. The van der Waals surface area contributed by atoms with E-state index in [2.05, 4.69) is 31.3 Å². The molecule has 1 aromatic heterocycles. The Balaban J connectivity index is 1.42. The van der Waals surface area contributed by atoms with E-state index in [4.69, 9.17) is 9.47 Å². The first-order valence-electron chi connectivity index (χ1n) is 9.24. The Morgan fingerprint density at radius 2 is 2.11 bits per heavy atom. The van der Waals surface area contributed by atoms with Crippen molar-refractivity contribution in [2.24, 2.45) is 16.4 Å². The molecule has 2 heterocycles. The summed E-state index contributed by atoms with van der Waals surface area (Å²) in [6, 6.07) is 5.56. The summed E-state index contributed by atoms with van der Waals surface area (Å²) in [5.74, 6) is 1.96. The Kier molecular flexibility index (Phi) is 4.68. The maximum atomic E-state index is 12.6. The summed E-state index contributed by atoms with van der Waals surface area (Å²) in [5, 5.41) is 6.08. The molecule has 6 heteroatoms. The summed E-state index contributed by atoms with van der Waals surface area (Å²) in [6.45, 7) is 7.14. The molecule has 1 N–H and O–H groups in total. The first kappa shape index (κ1) is 18.0. The van der Waals surface area contributed by atoms with E-state index in [-0.39, 0.29) is 12.7 Å². The van der Waals surface area contributed by atoms with Crippen molar-refractivity contribution < 1.29 is 14.3 Å². The molecule has 5 nitrogen and oxygen atoms in total. The molecular formula is C21H24N2O3S. The summed E-state index contributed by atoms with van der Waals surface area (Å²) in [5.41, 5.74) is 5.78. The number of hydrogen-bond acceptors (Lipinski definition) is 5. The maximum Gasteiger partial charge on any atom is 0.272 e. The van der Waals surface area contributed by atoms with Crippen molar-refractivity contribution in [1.29, 1.82) is 0 Å². The fourth-order valence-electron chi connectivity index (χ4n) is 3.66. The summed E-state index contributed by atoms with van der Waals surface area (Å²) in [4.78, 5) is 13.9. The minimum atomic E-state index is -0.140. The largest absolute Gasteiger partial charge is 0.454 e. The number of benzene rings is 1. The Hall–Kier alpha value is -2.34. The molecule has 2 aliphatic rings. The molecule has 142 valence electrons. The maximum absolute atomic E-state index is 12.6. The van der Waals surface area contributed by atoms with E-state index < -0.39 is 0 Å². The van der Waals surface area contributed by atoms with Crippen molar-refractivity contribution in [3.8, 4) is 11.5 Å². The molecule has 0 saturated carbocycles. The lowest BCUT2D eigenvalue weighted by molar-refractivity contribution is 0.0954. The molecule has 0 fully saturated rings. The van der Waals surface area contributed by atoms with Gasteiger partial charge in [0.05, 0.1) is 11.8 Å². The lowest BCUT2D eigenvalue weighted by atomic mass is 9.72. The van der Waals surface area contributed by atoms with Gasteiger partial charge < -0.3 is 9.47 Å². The lowest BCUT2D eigenvalue weighted by Crippen LogP contribution is -2.27. The van der Waals surface area contributed by atoms with E-state index in [9.17, 15) is 4.79 Å². The average Bonchev–Trinajstić information content (AvgIpc) is 3.26. The van der Waals surface area contributed by atoms with Crippen molar-refractivity contribution in [3.63, 3.8) is 0 Å². The highest BCUT2D eigenvalue weighted by molar-refractivity contribution is 7.10. The van der Waals surface area contributed by atoms with Gasteiger partial charge in [0.25, 0.3) is 5.91 Å². The number of hydrazone groups is 1. The average molecular weight is 385 g/mol. The number of carbonyl (C=O) groups is 1. The van der Waals surface area contributed by atoms with Gasteiger partial charge in [-0.25, -0.2) is 5.43 Å². The number of nitrogens with one attached hydrogen (secondary N) is 1. The molecule has 0 saturated heterocycles. The summed E-state index contributed by atoms with van der Waals surface area (Å²) >= 11 is 1.70. The van der Waals surface area contributed by atoms with Gasteiger partial charge in [-0.15, -0.1) is 11.3 Å². The van der Waals surface area contributed by atoms with Gasteiger partial charge in [-0.05, 0) is 59.9 Å². The highest BCUT2D eigenvalue weighted by atomic mass is 32.1. The van der Waals surface area contributed by atoms with Crippen LogP contribution in [0.4, 0.5) is 0 Å². The summed E-state index contributed by atoms with van der Waals surface area (Å²) in [7, 11) is 0. The highest BCUT2D eigenvalue weighted by Crippen LogP contribution is 2.40. The van der Waals surface area contributed by atoms with Crippen LogP contribution in [0.5, 0.6) is 11.5 Å². The normalized spacial score (nSPS) is 18.6. The van der Waals surface area contributed by atoms with Gasteiger partial charge in [0, 0.05) is 10.3 Å². The van der Waals surface area contributed by atoms with E-state index in [0.29, 0.717) is 17.1 Å². The summed E-state index contributed by atoms with van der Waals surface area (Å²) in [6.07, 6.45) is 4.79. The van der Waals surface area contributed by atoms with Crippen LogP contribution in [0.2, 0.25) is 0 Å². The molecule has 1 amide bonds. The van der Waals surface area contributed by atoms with Crippen molar-refractivity contribution in [3.05, 3.63) is 45.1 Å². The third-order valence-electron chi connectivity index (χ3n) is 5.40. The minimum Gasteiger partial charge on any atom is -0.454 e. The molecule has 0 spiro atoms. The fourth-order valence-corrected chi connectivity index (χ4v) is 4.82. The van der Waals surface area contributed by atoms with E-state index >= 15 is 0 Å². The molecule has 0 unspecified atom stereocenters. The Labute approximate surface area is 163 Å². The number of amides is 1. The molecule has 27 heavy (non-hydrogen) atoms. The second kappa shape index (κ2) is 7.00. The minimum absolute atomic E-state index is 0.140. The quantitative estimate of drug-likeness (QED) is 0.631. The van der Waals surface area contributed by atoms with Gasteiger partial charge in [-0.2, -0.15) is 5.10 Å². The molecule has 4 rings (SSSR count). The van der Waals surface area contributed by atoms with Crippen LogP contribution in [0.25, 0.3) is 0 Å². The topological polar surface area (TPSA) is 59.9 Å². The molecule has 0 radical (unpaired) electrons. The van der Waals surface area contributed by atoms with E-state index in [1.54, 1.807) is 17.6 Å². The second-order valence-electron chi connectivity index (χ2n) is 8.17. The Bertz CT molecular complexity index is 895. The number of carbonyl (C=O) groups excluding carboxylic acids is 1. The highest BCUT2D eigenvalue weighted by Gasteiger charge is 2.31. The van der Waals surface area contributed by atoms with E-state index in [1.165, 1.54) is 10.4 Å². The predicted molar refractivity (Wildman–Crippen MR) is 107 cm³/mol. The number of nitrogens with zero attached hydrogens (tertiary/aromatic N) is 1. The number of fused-ring (bicyclic) bond motifs is 2. The SMILES string of the molecule is CC(C)(C)[C@@H]1CCc2c(C(=O)N/N=C/c3ccc4c(c3)OCO4)csc2C1. The number of rotatable bonds is 3. The zero-order chi connectivity index (χ0) is 19.0. The fraction of sp³-hybridized carbons (Fsp3) is 0.429. The molecule has 1 atom stereocenters. The predicted octanol–water partition coefficient (Wildman–Crippen LogP) is 4.39. The first-order valence-corrected chi connectivity index (χ1v) is 10.1. The molecule has 0 bridgehead atoms. The third-order valence-corrected chi connectivity index (χ3v) is 6.45.